The van der Waals surface area contributed by atoms with E-state index in [1.54, 1.807) is 18.3 Å². The van der Waals surface area contributed by atoms with Crippen LogP contribution in [0.25, 0.3) is 0 Å². The van der Waals surface area contributed by atoms with E-state index in [9.17, 15) is 9.18 Å². The lowest BCUT2D eigenvalue weighted by atomic mass is 10.2. The number of carbonyl (C=O) groups is 1. The molecule has 0 fully saturated rings. The van der Waals surface area contributed by atoms with Crippen LogP contribution in [0.4, 0.5) is 10.1 Å². The van der Waals surface area contributed by atoms with Crippen molar-refractivity contribution in [3.05, 3.63) is 54.1 Å². The van der Waals surface area contributed by atoms with Crippen molar-refractivity contribution in [2.24, 2.45) is 0 Å². The largest absolute Gasteiger partial charge is 0.494 e. The molecule has 2 aromatic rings. The van der Waals surface area contributed by atoms with Crippen LogP contribution in [0.5, 0.6) is 5.75 Å². The lowest BCUT2D eigenvalue weighted by molar-refractivity contribution is 0.102. The summed E-state index contributed by atoms with van der Waals surface area (Å²) in [6, 6.07) is 7.43. The Morgan fingerprint density at radius 1 is 1.39 bits per heavy atom. The van der Waals surface area contributed by atoms with Gasteiger partial charge in [0, 0.05) is 11.8 Å². The van der Waals surface area contributed by atoms with Gasteiger partial charge in [0.1, 0.15) is 0 Å². The number of anilines is 1. The Labute approximate surface area is 103 Å². The zero-order valence-electron chi connectivity index (χ0n) is 9.68. The number of pyridine rings is 1. The third kappa shape index (κ3) is 2.63. The fourth-order valence-corrected chi connectivity index (χ4v) is 1.45. The number of aromatic nitrogens is 1. The van der Waals surface area contributed by atoms with E-state index in [1.807, 2.05) is 0 Å². The van der Waals surface area contributed by atoms with Crippen LogP contribution in [0.15, 0.2) is 42.7 Å². The molecule has 1 aromatic heterocycles. The summed E-state index contributed by atoms with van der Waals surface area (Å²) in [5.74, 6) is -0.867. The normalized spacial score (nSPS) is 9.89. The van der Waals surface area contributed by atoms with Crippen LogP contribution >= 0.6 is 0 Å². The van der Waals surface area contributed by atoms with Gasteiger partial charge in [-0.05, 0) is 30.3 Å². The Kier molecular flexibility index (Phi) is 3.52. The minimum Gasteiger partial charge on any atom is -0.494 e. The van der Waals surface area contributed by atoms with E-state index >= 15 is 0 Å². The molecule has 0 aliphatic heterocycles. The van der Waals surface area contributed by atoms with Crippen LogP contribution in [0.2, 0.25) is 0 Å². The van der Waals surface area contributed by atoms with E-state index in [-0.39, 0.29) is 11.3 Å². The van der Waals surface area contributed by atoms with Crippen molar-refractivity contribution in [2.75, 3.05) is 12.4 Å². The average molecular weight is 246 g/mol. The SMILES string of the molecule is COc1ccc(C(=O)Nc2cccnc2)cc1F. The highest BCUT2D eigenvalue weighted by Gasteiger charge is 2.10. The fraction of sp³-hybridized carbons (Fsp3) is 0.0769. The van der Waals surface area contributed by atoms with Crippen molar-refractivity contribution >= 4 is 11.6 Å². The fourth-order valence-electron chi connectivity index (χ4n) is 1.45. The van der Waals surface area contributed by atoms with Crippen LogP contribution < -0.4 is 10.1 Å². The first kappa shape index (κ1) is 12.0. The topological polar surface area (TPSA) is 51.2 Å². The number of nitrogens with one attached hydrogen (secondary N) is 1. The number of nitrogens with zero attached hydrogens (tertiary/aromatic N) is 1. The molecule has 92 valence electrons. The van der Waals surface area contributed by atoms with Gasteiger partial charge in [0.05, 0.1) is 19.0 Å². The first-order valence-corrected chi connectivity index (χ1v) is 5.25. The van der Waals surface area contributed by atoms with Crippen LogP contribution in [0, 0.1) is 5.82 Å². The summed E-state index contributed by atoms with van der Waals surface area (Å²) in [4.78, 5) is 15.7. The number of benzene rings is 1. The number of carbonyl (C=O) groups excluding carboxylic acids is 1. The number of halogens is 1. The summed E-state index contributed by atoms with van der Waals surface area (Å²) >= 11 is 0. The second kappa shape index (κ2) is 5.27. The zero-order valence-corrected chi connectivity index (χ0v) is 9.68. The summed E-state index contributed by atoms with van der Waals surface area (Å²) in [6.07, 6.45) is 3.11. The molecule has 0 unspecified atom stereocenters. The van der Waals surface area contributed by atoms with Crippen LogP contribution in [-0.4, -0.2) is 18.0 Å². The molecular formula is C13H11FN2O2. The van der Waals surface area contributed by atoms with E-state index in [0.29, 0.717) is 5.69 Å². The van der Waals surface area contributed by atoms with Crippen LogP contribution in [-0.2, 0) is 0 Å². The number of ether oxygens (including phenoxy) is 1. The van der Waals surface area contributed by atoms with E-state index in [1.165, 1.54) is 25.4 Å². The highest BCUT2D eigenvalue weighted by atomic mass is 19.1. The van der Waals surface area contributed by atoms with Crippen molar-refractivity contribution in [3.63, 3.8) is 0 Å². The minimum atomic E-state index is -0.573. The highest BCUT2D eigenvalue weighted by Crippen LogP contribution is 2.18. The molecule has 0 bridgehead atoms. The predicted molar refractivity (Wildman–Crippen MR) is 65.1 cm³/mol. The molecule has 1 heterocycles. The molecule has 4 nitrogen and oxygen atoms in total. The molecule has 0 atom stereocenters. The maximum atomic E-state index is 13.4. The Bertz CT molecular complexity index is 558. The number of methoxy groups -OCH3 is 1. The molecule has 5 heteroatoms. The Hall–Kier alpha value is -2.43. The number of hydrogen-bond donors (Lipinski definition) is 1. The van der Waals surface area contributed by atoms with E-state index in [0.717, 1.165) is 6.07 Å². The van der Waals surface area contributed by atoms with Crippen molar-refractivity contribution in [2.45, 2.75) is 0 Å². The molecule has 1 aromatic carbocycles. The van der Waals surface area contributed by atoms with Gasteiger partial charge in [-0.1, -0.05) is 0 Å². The van der Waals surface area contributed by atoms with Crippen molar-refractivity contribution in [3.8, 4) is 5.75 Å². The number of amides is 1. The third-order valence-corrected chi connectivity index (χ3v) is 2.33. The van der Waals surface area contributed by atoms with Crippen molar-refractivity contribution < 1.29 is 13.9 Å². The first-order valence-electron chi connectivity index (χ1n) is 5.25. The summed E-state index contributed by atoms with van der Waals surface area (Å²) in [7, 11) is 1.37. The van der Waals surface area contributed by atoms with Gasteiger partial charge in [0.15, 0.2) is 11.6 Å². The van der Waals surface area contributed by atoms with Gasteiger partial charge >= 0.3 is 0 Å². The summed E-state index contributed by atoms with van der Waals surface area (Å²) in [5.41, 5.74) is 0.774. The molecule has 0 radical (unpaired) electrons. The van der Waals surface area contributed by atoms with Crippen LogP contribution in [0.3, 0.4) is 0 Å². The molecule has 0 saturated carbocycles. The van der Waals surface area contributed by atoms with Crippen molar-refractivity contribution in [1.82, 2.24) is 4.98 Å². The standard InChI is InChI=1S/C13H11FN2O2/c1-18-12-5-4-9(7-11(12)14)13(17)16-10-3-2-6-15-8-10/h2-8H,1H3,(H,16,17). The summed E-state index contributed by atoms with van der Waals surface area (Å²) in [6.45, 7) is 0. The second-order valence-electron chi connectivity index (χ2n) is 3.55. The molecule has 0 spiro atoms. The minimum absolute atomic E-state index is 0.105. The van der Waals surface area contributed by atoms with Gasteiger partial charge in [-0.25, -0.2) is 4.39 Å². The maximum absolute atomic E-state index is 13.4. The monoisotopic (exact) mass is 246 g/mol. The van der Waals surface area contributed by atoms with Crippen molar-refractivity contribution in [1.29, 1.82) is 0 Å². The average Bonchev–Trinajstić information content (AvgIpc) is 2.39. The molecule has 1 amide bonds. The highest BCUT2D eigenvalue weighted by molar-refractivity contribution is 6.04. The maximum Gasteiger partial charge on any atom is 0.255 e. The van der Waals surface area contributed by atoms with E-state index in [2.05, 4.69) is 10.3 Å². The van der Waals surface area contributed by atoms with Gasteiger partial charge in [-0.3, -0.25) is 9.78 Å². The smallest absolute Gasteiger partial charge is 0.255 e. The Morgan fingerprint density at radius 3 is 2.83 bits per heavy atom. The summed E-state index contributed by atoms with van der Waals surface area (Å²) in [5, 5.41) is 2.61. The first-order chi connectivity index (χ1) is 8.70. The van der Waals surface area contributed by atoms with Gasteiger partial charge in [0.2, 0.25) is 0 Å². The summed E-state index contributed by atoms with van der Waals surface area (Å²) < 4.78 is 18.2. The molecule has 0 aliphatic carbocycles. The second-order valence-corrected chi connectivity index (χ2v) is 3.55. The molecule has 18 heavy (non-hydrogen) atoms. The van der Waals surface area contributed by atoms with Crippen LogP contribution in [0.1, 0.15) is 10.4 Å². The molecule has 2 rings (SSSR count). The lowest BCUT2D eigenvalue weighted by Gasteiger charge is -2.06. The molecule has 0 aliphatic rings. The number of hydrogen-bond acceptors (Lipinski definition) is 3. The molecule has 0 saturated heterocycles. The molecular weight excluding hydrogens is 235 g/mol. The van der Waals surface area contributed by atoms with Gasteiger partial charge in [-0.15, -0.1) is 0 Å². The Balaban J connectivity index is 2.17. The van der Waals surface area contributed by atoms with Gasteiger partial charge in [0.25, 0.3) is 5.91 Å². The Morgan fingerprint density at radius 2 is 2.22 bits per heavy atom. The van der Waals surface area contributed by atoms with Gasteiger partial charge < -0.3 is 10.1 Å². The molecule has 1 N–H and O–H groups in total. The predicted octanol–water partition coefficient (Wildman–Crippen LogP) is 2.48. The zero-order chi connectivity index (χ0) is 13.0. The number of rotatable bonds is 3. The lowest BCUT2D eigenvalue weighted by Crippen LogP contribution is -2.12. The third-order valence-electron chi connectivity index (χ3n) is 2.33. The quantitative estimate of drug-likeness (QED) is 0.905. The van der Waals surface area contributed by atoms with Gasteiger partial charge in [-0.2, -0.15) is 0 Å². The van der Waals surface area contributed by atoms with E-state index < -0.39 is 11.7 Å². The van der Waals surface area contributed by atoms with E-state index in [4.69, 9.17) is 4.74 Å².